The van der Waals surface area contributed by atoms with E-state index in [1.165, 1.54) is 19.3 Å². The average molecular weight is 163 g/mol. The van der Waals surface area contributed by atoms with Crippen molar-refractivity contribution in [3.8, 4) is 0 Å². The summed E-state index contributed by atoms with van der Waals surface area (Å²) in [4.78, 5) is 0. The fraction of sp³-hybridized carbons (Fsp3) is 1.00. The summed E-state index contributed by atoms with van der Waals surface area (Å²) >= 11 is 0. The fourth-order valence-corrected chi connectivity index (χ4v) is 0. The second kappa shape index (κ2) is 15.9. The van der Waals surface area contributed by atoms with Crippen molar-refractivity contribution < 1.29 is 4.57 Å². The minimum atomic E-state index is 0. The molecule has 0 aromatic carbocycles. The molecule has 7 heavy (non-hydrogen) atoms. The van der Waals surface area contributed by atoms with E-state index in [1.807, 2.05) is 0 Å². The van der Waals surface area contributed by atoms with Crippen LogP contribution >= 0.6 is 33.9 Å². The molecule has 0 aliphatic heterocycles. The molecule has 0 atom stereocenters. The number of halogens is 2. The number of hydrogen-bond acceptors (Lipinski definition) is 1. The Morgan fingerprint density at radius 1 is 0.857 bits per heavy atom. The number of rotatable bonds is 0. The summed E-state index contributed by atoms with van der Waals surface area (Å²) in [5, 5.41) is 0. The SMILES string of the molecule is C1CC1.Cl.Cl.O=P. The van der Waals surface area contributed by atoms with Gasteiger partial charge in [-0.15, -0.1) is 24.8 Å². The zero-order chi connectivity index (χ0) is 4.12. The van der Waals surface area contributed by atoms with Crippen LogP contribution in [0.25, 0.3) is 0 Å². The molecule has 0 saturated heterocycles. The van der Waals surface area contributed by atoms with E-state index in [1.54, 1.807) is 9.12 Å². The lowest BCUT2D eigenvalue weighted by Gasteiger charge is -1.05. The van der Waals surface area contributed by atoms with Crippen LogP contribution in [0.1, 0.15) is 19.3 Å². The van der Waals surface area contributed by atoms with Crippen LogP contribution in [0.2, 0.25) is 0 Å². The Kier molecular flexibility index (Phi) is 35.6. The predicted molar refractivity (Wildman–Crippen MR) is 37.3 cm³/mol. The van der Waals surface area contributed by atoms with Crippen molar-refractivity contribution in [2.45, 2.75) is 19.3 Å². The Hall–Kier alpha value is 0.680. The molecule has 1 aliphatic rings. The Bertz CT molecular complexity index is 24.1. The summed E-state index contributed by atoms with van der Waals surface area (Å²) in [7, 11) is 1.72. The molecule has 0 spiro atoms. The molecule has 0 radical (unpaired) electrons. The van der Waals surface area contributed by atoms with Gasteiger partial charge in [0.25, 0.3) is 0 Å². The van der Waals surface area contributed by atoms with E-state index in [9.17, 15) is 0 Å². The molecular formula is C3H9Cl2OP. The second-order valence-corrected chi connectivity index (χ2v) is 1.06. The third-order valence-electron chi connectivity index (χ3n) is 0.354. The lowest BCUT2D eigenvalue weighted by molar-refractivity contribution is 0.607. The van der Waals surface area contributed by atoms with Gasteiger partial charge in [-0.25, -0.2) is 0 Å². The molecule has 0 unspecified atom stereocenters. The predicted octanol–water partition coefficient (Wildman–Crippen LogP) is 2.49. The van der Waals surface area contributed by atoms with Gasteiger partial charge in [0.1, 0.15) is 9.12 Å². The molecule has 46 valence electrons. The molecule has 0 aromatic rings. The highest BCUT2D eigenvalue weighted by molar-refractivity contribution is 7.00. The lowest BCUT2D eigenvalue weighted by Crippen LogP contribution is -0.856. The summed E-state index contributed by atoms with van der Waals surface area (Å²) in [5.74, 6) is 0. The van der Waals surface area contributed by atoms with Crippen LogP contribution in [0.3, 0.4) is 0 Å². The van der Waals surface area contributed by atoms with Crippen LogP contribution in [0, 0.1) is 0 Å². The van der Waals surface area contributed by atoms with E-state index in [4.69, 9.17) is 4.57 Å². The summed E-state index contributed by atoms with van der Waals surface area (Å²) in [6.45, 7) is 0. The van der Waals surface area contributed by atoms with E-state index in [0.717, 1.165) is 0 Å². The van der Waals surface area contributed by atoms with Gasteiger partial charge in [0.15, 0.2) is 0 Å². The maximum atomic E-state index is 8.06. The standard InChI is InChI=1S/C3H6.2ClH.HOP/c1-2-3-1;;;1-2/h1-3H2;2*1H;2H. The molecule has 4 heteroatoms. The van der Waals surface area contributed by atoms with Crippen molar-refractivity contribution in [3.05, 3.63) is 0 Å². The number of hydrogen-bond donors (Lipinski definition) is 0. The normalized spacial score (nSPS) is 10.9. The summed E-state index contributed by atoms with van der Waals surface area (Å²) in [5.41, 5.74) is 0. The Morgan fingerprint density at radius 3 is 1.00 bits per heavy atom. The molecule has 1 rings (SSSR count). The Balaban J connectivity index is -0.0000000380. The summed E-state index contributed by atoms with van der Waals surface area (Å²) in [6, 6.07) is 0. The lowest BCUT2D eigenvalue weighted by atomic mass is 11.0. The smallest absolute Gasteiger partial charge is 0.138 e. The molecule has 1 nitrogen and oxygen atoms in total. The Labute approximate surface area is 58.3 Å². The van der Waals surface area contributed by atoms with Crippen molar-refractivity contribution in [1.82, 2.24) is 0 Å². The highest BCUT2D eigenvalue weighted by Gasteiger charge is 1.95. The average Bonchev–Trinajstić information content (AvgIpc) is 2.19. The first-order valence-electron chi connectivity index (χ1n) is 1.70. The zero-order valence-electron chi connectivity index (χ0n) is 3.85. The molecule has 1 fully saturated rings. The topological polar surface area (TPSA) is 17.1 Å². The third kappa shape index (κ3) is 51.8. The molecule has 0 N–H and O–H groups in total. The van der Waals surface area contributed by atoms with E-state index in [2.05, 4.69) is 0 Å². The van der Waals surface area contributed by atoms with Gasteiger partial charge >= 0.3 is 0 Å². The van der Waals surface area contributed by atoms with E-state index in [-0.39, 0.29) is 24.8 Å². The summed E-state index contributed by atoms with van der Waals surface area (Å²) in [6.07, 6.45) is 4.50. The minimum Gasteiger partial charge on any atom is -0.279 e. The molecule has 0 amide bonds. The van der Waals surface area contributed by atoms with Gasteiger partial charge in [0.05, 0.1) is 0 Å². The van der Waals surface area contributed by atoms with Gasteiger partial charge in [-0.2, -0.15) is 0 Å². The first kappa shape index (κ1) is 15.6. The van der Waals surface area contributed by atoms with Gasteiger partial charge in [0.2, 0.25) is 0 Å². The van der Waals surface area contributed by atoms with Gasteiger partial charge < -0.3 is 0 Å². The van der Waals surface area contributed by atoms with E-state index in [0.29, 0.717) is 0 Å². The molecule has 0 aromatic heterocycles. The highest BCUT2D eigenvalue weighted by atomic mass is 35.5. The molecule has 1 saturated carbocycles. The van der Waals surface area contributed by atoms with Gasteiger partial charge in [0, 0.05) is 0 Å². The van der Waals surface area contributed by atoms with Gasteiger partial charge in [-0.1, -0.05) is 19.3 Å². The van der Waals surface area contributed by atoms with Crippen molar-refractivity contribution in [2.24, 2.45) is 0 Å². The van der Waals surface area contributed by atoms with E-state index < -0.39 is 0 Å². The minimum absolute atomic E-state index is 0. The van der Waals surface area contributed by atoms with Crippen LogP contribution < -0.4 is 0 Å². The largest absolute Gasteiger partial charge is 0.279 e. The van der Waals surface area contributed by atoms with Crippen molar-refractivity contribution in [1.29, 1.82) is 0 Å². The van der Waals surface area contributed by atoms with Crippen LogP contribution in [0.5, 0.6) is 0 Å². The third-order valence-corrected chi connectivity index (χ3v) is 0.354. The van der Waals surface area contributed by atoms with Crippen LogP contribution in [0.4, 0.5) is 0 Å². The second-order valence-electron chi connectivity index (χ2n) is 1.06. The van der Waals surface area contributed by atoms with Crippen LogP contribution in [-0.2, 0) is 4.57 Å². The maximum absolute atomic E-state index is 8.06. The van der Waals surface area contributed by atoms with Crippen LogP contribution in [0.15, 0.2) is 0 Å². The molecule has 0 bridgehead atoms. The summed E-state index contributed by atoms with van der Waals surface area (Å²) < 4.78 is 8.06. The first-order chi connectivity index (χ1) is 2.50. The maximum Gasteiger partial charge on any atom is 0.138 e. The zero-order valence-corrected chi connectivity index (χ0v) is 6.48. The Morgan fingerprint density at radius 2 is 1.00 bits per heavy atom. The van der Waals surface area contributed by atoms with Crippen molar-refractivity contribution in [3.63, 3.8) is 0 Å². The van der Waals surface area contributed by atoms with Crippen molar-refractivity contribution in [2.75, 3.05) is 0 Å². The molecule has 0 heterocycles. The first-order valence-corrected chi connectivity index (χ1v) is 2.11. The highest BCUT2D eigenvalue weighted by Crippen LogP contribution is 2.14. The monoisotopic (exact) mass is 162 g/mol. The quantitative estimate of drug-likeness (QED) is 0.501. The van der Waals surface area contributed by atoms with Crippen molar-refractivity contribution >= 4 is 33.9 Å². The van der Waals surface area contributed by atoms with Gasteiger partial charge in [-0.05, 0) is 0 Å². The van der Waals surface area contributed by atoms with Crippen LogP contribution in [-0.4, -0.2) is 0 Å². The molecular weight excluding hydrogens is 154 g/mol. The van der Waals surface area contributed by atoms with Gasteiger partial charge in [-0.3, -0.25) is 4.57 Å². The van der Waals surface area contributed by atoms with E-state index >= 15 is 0 Å². The fourth-order valence-electron chi connectivity index (χ4n) is 0. The molecule has 1 aliphatic carbocycles.